The molecule has 0 aliphatic carbocycles. The first-order chi connectivity index (χ1) is 19.2. The largest absolute Gasteiger partial charge is 0.484 e. The van der Waals surface area contributed by atoms with E-state index in [1.54, 1.807) is 36.4 Å². The van der Waals surface area contributed by atoms with Crippen LogP contribution in [0.3, 0.4) is 0 Å². The Morgan fingerprint density at radius 1 is 0.900 bits per heavy atom. The molecule has 0 heterocycles. The first-order valence-electron chi connectivity index (χ1n) is 12.6. The maximum atomic E-state index is 12.6. The van der Waals surface area contributed by atoms with Crippen molar-refractivity contribution in [3.63, 3.8) is 0 Å². The molecule has 4 rings (SSSR count). The summed E-state index contributed by atoms with van der Waals surface area (Å²) in [7, 11) is -3.74. The van der Waals surface area contributed by atoms with Crippen molar-refractivity contribution in [1.82, 2.24) is 10.7 Å². The number of carbonyl (C=O) groups is 2. The minimum atomic E-state index is -3.74. The third-order valence-electron chi connectivity index (χ3n) is 6.05. The van der Waals surface area contributed by atoms with Gasteiger partial charge in [-0.3, -0.25) is 13.9 Å². The highest BCUT2D eigenvalue weighted by Gasteiger charge is 2.22. The third-order valence-corrected chi connectivity index (χ3v) is 7.18. The van der Waals surface area contributed by atoms with Crippen molar-refractivity contribution in [2.45, 2.75) is 13.0 Å². The molecular weight excluding hydrogens is 528 g/mol. The molecule has 0 aromatic heterocycles. The van der Waals surface area contributed by atoms with Crippen LogP contribution in [0.5, 0.6) is 5.75 Å². The Balaban J connectivity index is 1.29. The van der Waals surface area contributed by atoms with Crippen LogP contribution >= 0.6 is 0 Å². The summed E-state index contributed by atoms with van der Waals surface area (Å²) in [5.41, 5.74) is 4.47. The second kappa shape index (κ2) is 12.9. The lowest BCUT2D eigenvalue weighted by atomic mass is 10.1. The number of sulfonamides is 1. The van der Waals surface area contributed by atoms with E-state index in [1.165, 1.54) is 6.21 Å². The number of rotatable bonds is 11. The van der Waals surface area contributed by atoms with Crippen LogP contribution in [0.15, 0.2) is 102 Å². The summed E-state index contributed by atoms with van der Waals surface area (Å²) in [6.07, 6.45) is 2.49. The van der Waals surface area contributed by atoms with E-state index in [0.29, 0.717) is 17.0 Å². The van der Waals surface area contributed by atoms with Crippen LogP contribution in [0.25, 0.3) is 10.8 Å². The van der Waals surface area contributed by atoms with Crippen LogP contribution in [0.1, 0.15) is 24.1 Å². The van der Waals surface area contributed by atoms with E-state index < -0.39 is 22.5 Å². The third kappa shape index (κ3) is 7.67. The molecule has 0 bridgehead atoms. The number of anilines is 1. The van der Waals surface area contributed by atoms with Gasteiger partial charge in [-0.1, -0.05) is 66.7 Å². The number of hydrogen-bond donors (Lipinski definition) is 2. The maximum absolute atomic E-state index is 12.6. The number of carbonyl (C=O) groups excluding carboxylic acids is 2. The fourth-order valence-electron chi connectivity index (χ4n) is 4.06. The van der Waals surface area contributed by atoms with Gasteiger partial charge in [0.15, 0.2) is 6.61 Å². The van der Waals surface area contributed by atoms with Crippen LogP contribution in [0.2, 0.25) is 0 Å². The molecular formula is C30H30N4O5S. The van der Waals surface area contributed by atoms with E-state index in [9.17, 15) is 18.0 Å². The van der Waals surface area contributed by atoms with E-state index in [1.807, 2.05) is 67.6 Å². The van der Waals surface area contributed by atoms with Crippen LogP contribution in [0, 0.1) is 0 Å². The molecule has 0 saturated carbocycles. The van der Waals surface area contributed by atoms with E-state index in [-0.39, 0.29) is 18.6 Å². The minimum Gasteiger partial charge on any atom is -0.484 e. The van der Waals surface area contributed by atoms with Gasteiger partial charge in [0.2, 0.25) is 10.0 Å². The Morgan fingerprint density at radius 3 is 2.30 bits per heavy atom. The van der Waals surface area contributed by atoms with Crippen molar-refractivity contribution in [3.05, 3.63) is 108 Å². The first kappa shape index (κ1) is 28.3. The molecule has 2 amide bonds. The summed E-state index contributed by atoms with van der Waals surface area (Å²) in [6, 6.07) is 29.0. The summed E-state index contributed by atoms with van der Waals surface area (Å²) < 4.78 is 31.7. The van der Waals surface area contributed by atoms with E-state index >= 15 is 0 Å². The second-order valence-electron chi connectivity index (χ2n) is 9.12. The van der Waals surface area contributed by atoms with Gasteiger partial charge in [0.1, 0.15) is 12.3 Å². The van der Waals surface area contributed by atoms with E-state index in [2.05, 4.69) is 15.8 Å². The van der Waals surface area contributed by atoms with Crippen LogP contribution in [-0.4, -0.2) is 45.9 Å². The zero-order valence-corrected chi connectivity index (χ0v) is 23.0. The lowest BCUT2D eigenvalue weighted by Gasteiger charge is -2.23. The van der Waals surface area contributed by atoms with Gasteiger partial charge in [-0.05, 0) is 53.8 Å². The summed E-state index contributed by atoms with van der Waals surface area (Å²) in [5.74, 6) is -0.329. The number of nitrogens with one attached hydrogen (secondary N) is 2. The number of fused-ring (bicyclic) bond motifs is 1. The fraction of sp³-hybridized carbons (Fsp3) is 0.167. The summed E-state index contributed by atoms with van der Waals surface area (Å²) in [4.78, 5) is 24.8. The van der Waals surface area contributed by atoms with Crippen molar-refractivity contribution < 1.29 is 22.7 Å². The summed E-state index contributed by atoms with van der Waals surface area (Å²) in [5, 5.41) is 8.42. The predicted octanol–water partition coefficient (Wildman–Crippen LogP) is 4.01. The van der Waals surface area contributed by atoms with Gasteiger partial charge in [-0.2, -0.15) is 5.10 Å². The van der Waals surface area contributed by atoms with Crippen LogP contribution < -0.4 is 19.8 Å². The molecule has 206 valence electrons. The van der Waals surface area contributed by atoms with Gasteiger partial charge >= 0.3 is 0 Å². The SMILES string of the molecule is C[C@@H](NC(=O)COc1ccc(/C=N\NC(=O)CN(c2cccc3ccccc23)S(C)(=O)=O)cc1)c1ccccc1. The molecule has 1 atom stereocenters. The van der Waals surface area contributed by atoms with Crippen molar-refractivity contribution in [2.24, 2.45) is 5.10 Å². The van der Waals surface area contributed by atoms with Crippen LogP contribution in [-0.2, 0) is 19.6 Å². The zero-order chi connectivity index (χ0) is 28.5. The molecule has 0 aliphatic heterocycles. The van der Waals surface area contributed by atoms with Gasteiger partial charge < -0.3 is 10.1 Å². The Kier molecular flexibility index (Phi) is 9.13. The number of hydrazone groups is 1. The topological polar surface area (TPSA) is 117 Å². The standard InChI is InChI=1S/C30H30N4O5S/c1-22(24-9-4-3-5-10-24)32-30(36)21-39-26-17-15-23(16-18-26)19-31-33-29(35)20-34(40(2,37)38)28-14-8-12-25-11-6-7-13-27(25)28/h3-19,22H,20-21H2,1-2H3,(H,32,36)(H,33,35)/b31-19-/t22-/m1/s1. The summed E-state index contributed by atoms with van der Waals surface area (Å²) in [6.45, 7) is 1.35. The maximum Gasteiger partial charge on any atom is 0.260 e. The number of benzene rings is 4. The Hall–Kier alpha value is -4.70. The molecule has 9 nitrogen and oxygen atoms in total. The molecule has 4 aromatic rings. The van der Waals surface area contributed by atoms with Crippen molar-refractivity contribution in [3.8, 4) is 5.75 Å². The molecule has 0 aliphatic rings. The highest BCUT2D eigenvalue weighted by atomic mass is 32.2. The lowest BCUT2D eigenvalue weighted by molar-refractivity contribution is -0.123. The molecule has 0 saturated heterocycles. The normalized spacial score (nSPS) is 12.2. The summed E-state index contributed by atoms with van der Waals surface area (Å²) >= 11 is 0. The molecule has 0 fully saturated rings. The smallest absolute Gasteiger partial charge is 0.260 e. The van der Waals surface area contributed by atoms with Crippen molar-refractivity contribution in [2.75, 3.05) is 23.7 Å². The average Bonchev–Trinajstić information content (AvgIpc) is 2.95. The van der Waals surface area contributed by atoms with E-state index in [4.69, 9.17) is 4.74 Å². The quantitative estimate of drug-likeness (QED) is 0.213. The fourth-order valence-corrected chi connectivity index (χ4v) is 4.93. The highest BCUT2D eigenvalue weighted by molar-refractivity contribution is 7.92. The monoisotopic (exact) mass is 558 g/mol. The average molecular weight is 559 g/mol. The molecule has 4 aromatic carbocycles. The molecule has 0 radical (unpaired) electrons. The molecule has 2 N–H and O–H groups in total. The molecule has 0 spiro atoms. The van der Waals surface area contributed by atoms with Gasteiger partial charge in [-0.25, -0.2) is 13.8 Å². The van der Waals surface area contributed by atoms with Gasteiger partial charge in [0.25, 0.3) is 11.8 Å². The Bertz CT molecular complexity index is 1600. The number of hydrogen-bond acceptors (Lipinski definition) is 6. The number of nitrogens with zero attached hydrogens (tertiary/aromatic N) is 2. The molecule has 10 heteroatoms. The lowest BCUT2D eigenvalue weighted by Crippen LogP contribution is -2.39. The molecule has 40 heavy (non-hydrogen) atoms. The highest BCUT2D eigenvalue weighted by Crippen LogP contribution is 2.28. The molecule has 0 unspecified atom stereocenters. The number of ether oxygens (including phenoxy) is 1. The van der Waals surface area contributed by atoms with Gasteiger partial charge in [0, 0.05) is 5.39 Å². The van der Waals surface area contributed by atoms with Crippen molar-refractivity contribution >= 4 is 44.5 Å². The minimum absolute atomic E-state index is 0.131. The van der Waals surface area contributed by atoms with Gasteiger partial charge in [-0.15, -0.1) is 0 Å². The Morgan fingerprint density at radius 2 is 1.57 bits per heavy atom. The van der Waals surface area contributed by atoms with E-state index in [0.717, 1.165) is 26.9 Å². The Labute approximate surface area is 233 Å². The first-order valence-corrected chi connectivity index (χ1v) is 14.4. The predicted molar refractivity (Wildman–Crippen MR) is 157 cm³/mol. The van der Waals surface area contributed by atoms with Gasteiger partial charge in [0.05, 0.1) is 24.2 Å². The number of amides is 2. The van der Waals surface area contributed by atoms with Crippen LogP contribution in [0.4, 0.5) is 5.69 Å². The zero-order valence-electron chi connectivity index (χ0n) is 22.2. The van der Waals surface area contributed by atoms with Crippen molar-refractivity contribution in [1.29, 1.82) is 0 Å². The second-order valence-corrected chi connectivity index (χ2v) is 11.0.